The van der Waals surface area contributed by atoms with E-state index in [9.17, 15) is 27.2 Å². The number of nitrogens with zero attached hydrogens (tertiary/aromatic N) is 1. The molecule has 2 aromatic carbocycles. The minimum atomic E-state index is -4.71. The van der Waals surface area contributed by atoms with Crippen molar-refractivity contribution < 1.29 is 27.2 Å². The Bertz CT molecular complexity index is 1210. The molecule has 2 heterocycles. The van der Waals surface area contributed by atoms with Crippen LogP contribution in [0.1, 0.15) is 44.0 Å². The summed E-state index contributed by atoms with van der Waals surface area (Å²) >= 11 is 7.60. The van der Waals surface area contributed by atoms with E-state index in [0.29, 0.717) is 22.5 Å². The van der Waals surface area contributed by atoms with Gasteiger partial charge in [0.05, 0.1) is 21.2 Å². The average Bonchev–Trinajstić information content (AvgIpc) is 3.02. The van der Waals surface area contributed by atoms with E-state index >= 15 is 0 Å². The lowest BCUT2D eigenvalue weighted by Gasteiger charge is -2.21. The Morgan fingerprint density at radius 2 is 1.76 bits per heavy atom. The number of alkyl halides is 3. The summed E-state index contributed by atoms with van der Waals surface area (Å²) in [4.78, 5) is 28.2. The highest BCUT2D eigenvalue weighted by Gasteiger charge is 2.31. The van der Waals surface area contributed by atoms with Crippen LogP contribution >= 0.6 is 22.9 Å². The summed E-state index contributed by atoms with van der Waals surface area (Å²) in [5, 5.41) is 2.43. The molecule has 2 amide bonds. The van der Waals surface area contributed by atoms with Gasteiger partial charge in [-0.1, -0.05) is 11.6 Å². The number of amides is 2. The average molecular weight is 497 g/mol. The molecule has 0 atom stereocenters. The van der Waals surface area contributed by atoms with Crippen LogP contribution in [0.2, 0.25) is 4.34 Å². The summed E-state index contributed by atoms with van der Waals surface area (Å²) in [5.74, 6) is -2.38. The topological polar surface area (TPSA) is 49.4 Å². The lowest BCUT2D eigenvalue weighted by Crippen LogP contribution is -2.31. The van der Waals surface area contributed by atoms with Gasteiger partial charge in [0.15, 0.2) is 0 Å². The number of thiophene rings is 1. The molecule has 1 aliphatic heterocycles. The minimum Gasteiger partial charge on any atom is -0.322 e. The van der Waals surface area contributed by atoms with Crippen molar-refractivity contribution in [2.45, 2.75) is 25.4 Å². The maximum absolute atomic E-state index is 14.0. The van der Waals surface area contributed by atoms with Crippen molar-refractivity contribution in [3.8, 4) is 0 Å². The number of hydrogen-bond donors (Lipinski definition) is 1. The van der Waals surface area contributed by atoms with Crippen molar-refractivity contribution in [3.05, 3.63) is 80.3 Å². The maximum atomic E-state index is 14.0. The van der Waals surface area contributed by atoms with Gasteiger partial charge in [-0.3, -0.25) is 9.59 Å². The second-order valence-corrected chi connectivity index (χ2v) is 9.26. The van der Waals surface area contributed by atoms with Gasteiger partial charge in [-0.2, -0.15) is 13.2 Å². The molecule has 4 rings (SSSR count). The molecule has 1 aromatic heterocycles. The van der Waals surface area contributed by atoms with Crippen molar-refractivity contribution in [1.82, 2.24) is 0 Å². The number of benzene rings is 2. The first-order chi connectivity index (χ1) is 15.6. The first-order valence-corrected chi connectivity index (χ1v) is 11.2. The van der Waals surface area contributed by atoms with Gasteiger partial charge in [-0.25, -0.2) is 4.39 Å². The van der Waals surface area contributed by atoms with Gasteiger partial charge in [-0.05, 0) is 67.8 Å². The summed E-state index contributed by atoms with van der Waals surface area (Å²) in [6, 6.07) is 9.51. The molecule has 10 heteroatoms. The van der Waals surface area contributed by atoms with Crippen LogP contribution in [-0.4, -0.2) is 18.4 Å². The highest BCUT2D eigenvalue weighted by Crippen LogP contribution is 2.37. The first-order valence-electron chi connectivity index (χ1n) is 10.0. The number of rotatable bonds is 3. The molecule has 0 saturated heterocycles. The SMILES string of the molecule is O=C(Nc1ccc(C(=O)N2CCCCc3sc(Cl)cc32)cc1)c1ccc(C(F)(F)F)cc1F. The van der Waals surface area contributed by atoms with E-state index in [4.69, 9.17) is 11.6 Å². The Hall–Kier alpha value is -2.91. The molecule has 4 nitrogen and oxygen atoms in total. The molecule has 0 fully saturated rings. The van der Waals surface area contributed by atoms with E-state index in [1.165, 1.54) is 35.6 Å². The molecule has 0 bridgehead atoms. The smallest absolute Gasteiger partial charge is 0.322 e. The fourth-order valence-corrected chi connectivity index (χ4v) is 4.92. The van der Waals surface area contributed by atoms with Crippen LogP contribution in [0, 0.1) is 5.82 Å². The van der Waals surface area contributed by atoms with E-state index in [2.05, 4.69) is 5.32 Å². The molecule has 33 heavy (non-hydrogen) atoms. The van der Waals surface area contributed by atoms with Crippen LogP contribution in [0.15, 0.2) is 48.5 Å². The molecule has 3 aromatic rings. The van der Waals surface area contributed by atoms with Crippen molar-refractivity contribution >= 4 is 46.1 Å². The van der Waals surface area contributed by atoms with Crippen molar-refractivity contribution in [1.29, 1.82) is 0 Å². The fourth-order valence-electron chi connectivity index (χ4n) is 3.61. The zero-order chi connectivity index (χ0) is 23.8. The maximum Gasteiger partial charge on any atom is 0.416 e. The molecule has 1 aliphatic rings. The molecular weight excluding hydrogens is 480 g/mol. The molecule has 0 spiro atoms. The molecule has 1 N–H and O–H groups in total. The van der Waals surface area contributed by atoms with E-state index in [0.717, 1.165) is 35.9 Å². The van der Waals surface area contributed by atoms with Crippen LogP contribution in [0.25, 0.3) is 0 Å². The lowest BCUT2D eigenvalue weighted by molar-refractivity contribution is -0.137. The Labute approximate surface area is 195 Å². The number of fused-ring (bicyclic) bond motifs is 1. The largest absolute Gasteiger partial charge is 0.416 e. The van der Waals surface area contributed by atoms with Crippen molar-refractivity contribution in [3.63, 3.8) is 0 Å². The van der Waals surface area contributed by atoms with Crippen molar-refractivity contribution in [2.24, 2.45) is 0 Å². The Morgan fingerprint density at radius 3 is 2.42 bits per heavy atom. The summed E-state index contributed by atoms with van der Waals surface area (Å²) in [6.45, 7) is 0.560. The van der Waals surface area contributed by atoms with Crippen molar-refractivity contribution in [2.75, 3.05) is 16.8 Å². The zero-order valence-electron chi connectivity index (χ0n) is 17.0. The second kappa shape index (κ2) is 9.15. The molecule has 0 radical (unpaired) electrons. The third-order valence-corrected chi connectivity index (χ3v) is 6.57. The van der Waals surface area contributed by atoms with Gasteiger partial charge >= 0.3 is 6.18 Å². The molecule has 0 aliphatic carbocycles. The zero-order valence-corrected chi connectivity index (χ0v) is 18.6. The Balaban J connectivity index is 1.49. The van der Waals surface area contributed by atoms with Gasteiger partial charge in [0.2, 0.25) is 0 Å². The van der Waals surface area contributed by atoms with E-state index in [-0.39, 0.29) is 17.7 Å². The first kappa shape index (κ1) is 23.3. The summed E-state index contributed by atoms with van der Waals surface area (Å²) in [7, 11) is 0. The monoisotopic (exact) mass is 496 g/mol. The normalized spacial score (nSPS) is 13.9. The predicted molar refractivity (Wildman–Crippen MR) is 120 cm³/mol. The number of aryl methyl sites for hydroxylation is 1. The van der Waals surface area contributed by atoms with Gasteiger partial charge in [-0.15, -0.1) is 11.3 Å². The van der Waals surface area contributed by atoms with Crippen LogP contribution < -0.4 is 10.2 Å². The number of anilines is 2. The third-order valence-electron chi connectivity index (χ3n) is 5.26. The van der Waals surface area contributed by atoms with Gasteiger partial charge < -0.3 is 10.2 Å². The molecule has 172 valence electrons. The Kier molecular flexibility index (Phi) is 6.45. The lowest BCUT2D eigenvalue weighted by atomic mass is 10.1. The van der Waals surface area contributed by atoms with Gasteiger partial charge in [0.1, 0.15) is 5.82 Å². The predicted octanol–water partition coefficient (Wildman–Crippen LogP) is 6.79. The molecular formula is C23H17ClF4N2O2S. The highest BCUT2D eigenvalue weighted by atomic mass is 35.5. The quantitative estimate of drug-likeness (QED) is 0.406. The summed E-state index contributed by atoms with van der Waals surface area (Å²) in [5.41, 5.74) is -0.227. The molecule has 0 unspecified atom stereocenters. The number of carbonyl (C=O) groups excluding carboxylic acids is 2. The number of nitrogens with one attached hydrogen (secondary N) is 1. The molecule has 0 saturated carbocycles. The summed E-state index contributed by atoms with van der Waals surface area (Å²) in [6.07, 6.45) is -2.03. The van der Waals surface area contributed by atoms with Crippen LogP contribution in [0.4, 0.5) is 28.9 Å². The van der Waals surface area contributed by atoms with Crippen LogP contribution in [0.3, 0.4) is 0 Å². The minimum absolute atomic E-state index is 0.209. The third kappa shape index (κ3) is 5.04. The Morgan fingerprint density at radius 1 is 1.03 bits per heavy atom. The van der Waals surface area contributed by atoms with E-state index in [1.54, 1.807) is 11.0 Å². The number of hydrogen-bond acceptors (Lipinski definition) is 3. The van der Waals surface area contributed by atoms with E-state index in [1.807, 2.05) is 0 Å². The van der Waals surface area contributed by atoms with Gasteiger partial charge in [0.25, 0.3) is 11.8 Å². The number of carbonyl (C=O) groups is 2. The summed E-state index contributed by atoms with van der Waals surface area (Å²) < 4.78 is 52.7. The second-order valence-electron chi connectivity index (χ2n) is 7.50. The fraction of sp³-hybridized carbons (Fsp3) is 0.217. The number of halogens is 5. The van der Waals surface area contributed by atoms with Crippen LogP contribution in [-0.2, 0) is 12.6 Å². The van der Waals surface area contributed by atoms with Crippen LogP contribution in [0.5, 0.6) is 0 Å². The standard InChI is InChI=1S/C23H17ClF4N2O2S/c24-20-12-18-19(33-20)3-1-2-10-30(18)22(32)13-4-7-15(8-5-13)29-21(31)16-9-6-14(11-17(16)25)23(26,27)28/h4-9,11-12H,1-3,10H2,(H,29,31). The highest BCUT2D eigenvalue weighted by molar-refractivity contribution is 7.16. The van der Waals surface area contributed by atoms with E-state index < -0.39 is 29.0 Å². The van der Waals surface area contributed by atoms with Gasteiger partial charge in [0, 0.05) is 22.7 Å².